The second-order valence-corrected chi connectivity index (χ2v) is 5.47. The summed E-state index contributed by atoms with van der Waals surface area (Å²) in [6.45, 7) is 9.63. The van der Waals surface area contributed by atoms with Crippen LogP contribution in [0.3, 0.4) is 0 Å². The summed E-state index contributed by atoms with van der Waals surface area (Å²) < 4.78 is 4.56. The number of amides is 2. The van der Waals surface area contributed by atoms with Crippen molar-refractivity contribution >= 4 is 12.2 Å². The summed E-state index contributed by atoms with van der Waals surface area (Å²) in [4.78, 5) is 22.5. The number of unbranched alkanes of at least 4 members (excludes halogenated alkanes) is 4. The van der Waals surface area contributed by atoms with Crippen molar-refractivity contribution in [3.05, 3.63) is 12.7 Å². The molecule has 5 nitrogen and oxygen atoms in total. The van der Waals surface area contributed by atoms with E-state index in [9.17, 15) is 9.59 Å². The first-order chi connectivity index (χ1) is 8.85. The first-order valence-electron chi connectivity index (χ1n) is 6.74. The van der Waals surface area contributed by atoms with Crippen molar-refractivity contribution in [2.24, 2.45) is 0 Å². The van der Waals surface area contributed by atoms with Gasteiger partial charge in [0.25, 0.3) is 0 Å². The van der Waals surface area contributed by atoms with Crippen LogP contribution in [-0.2, 0) is 4.74 Å². The molecular weight excluding hydrogens is 244 g/mol. The highest BCUT2D eigenvalue weighted by atomic mass is 16.6. The number of alkyl carbamates (subject to hydrolysis) is 2. The molecule has 0 fully saturated rings. The minimum Gasteiger partial charge on any atom is -0.359 e. The van der Waals surface area contributed by atoms with Gasteiger partial charge in [-0.1, -0.05) is 18.9 Å². The van der Waals surface area contributed by atoms with Crippen molar-refractivity contribution in [2.75, 3.05) is 6.54 Å². The second-order valence-electron chi connectivity index (χ2n) is 5.47. The Labute approximate surface area is 115 Å². The highest BCUT2D eigenvalue weighted by Crippen LogP contribution is 2.02. The summed E-state index contributed by atoms with van der Waals surface area (Å²) in [6.07, 6.45) is 5.68. The predicted molar refractivity (Wildman–Crippen MR) is 76.1 cm³/mol. The van der Waals surface area contributed by atoms with Gasteiger partial charge < -0.3 is 15.4 Å². The Morgan fingerprint density at radius 3 is 2.32 bits per heavy atom. The number of rotatable bonds is 7. The Balaban J connectivity index is 3.54. The van der Waals surface area contributed by atoms with Gasteiger partial charge in [-0.25, -0.2) is 9.59 Å². The maximum absolute atomic E-state index is 11.3. The highest BCUT2D eigenvalue weighted by molar-refractivity contribution is 5.83. The minimum absolute atomic E-state index is 0.414. The fourth-order valence-corrected chi connectivity index (χ4v) is 1.41. The molecule has 110 valence electrons. The van der Waals surface area contributed by atoms with Gasteiger partial charge in [-0.15, -0.1) is 6.58 Å². The summed E-state index contributed by atoms with van der Waals surface area (Å²) in [7, 11) is 0. The van der Waals surface area contributed by atoms with Gasteiger partial charge in [-0.3, -0.25) is 0 Å². The third-order valence-electron chi connectivity index (χ3n) is 2.27. The topological polar surface area (TPSA) is 67.4 Å². The maximum atomic E-state index is 11.3. The predicted octanol–water partition coefficient (Wildman–Crippen LogP) is 3.36. The summed E-state index contributed by atoms with van der Waals surface area (Å²) in [6, 6.07) is 0. The first-order valence-corrected chi connectivity index (χ1v) is 6.74. The van der Waals surface area contributed by atoms with Crippen LogP contribution >= 0.6 is 0 Å². The molecule has 2 amide bonds. The number of hydrogen-bond donors (Lipinski definition) is 2. The lowest BCUT2D eigenvalue weighted by atomic mass is 10.1. The Hall–Kier alpha value is -1.52. The molecule has 0 saturated heterocycles. The molecule has 19 heavy (non-hydrogen) atoms. The largest absolute Gasteiger partial charge is 0.416 e. The van der Waals surface area contributed by atoms with E-state index in [4.69, 9.17) is 0 Å². The average Bonchev–Trinajstić information content (AvgIpc) is 2.25. The van der Waals surface area contributed by atoms with Gasteiger partial charge in [0, 0.05) is 12.1 Å². The standard InChI is InChI=1S/C14H26N2O3/c1-5-6-7-8-9-10-11-15-12(17)19-13(18)16-14(2,3)4/h5H,1,6-11H2,2-4H3,(H,15,17)(H,16,18). The Morgan fingerprint density at radius 2 is 1.74 bits per heavy atom. The van der Waals surface area contributed by atoms with Gasteiger partial charge in [-0.2, -0.15) is 0 Å². The molecule has 2 N–H and O–H groups in total. The van der Waals surface area contributed by atoms with Crippen LogP contribution in [0.25, 0.3) is 0 Å². The van der Waals surface area contributed by atoms with E-state index in [1.807, 2.05) is 26.8 Å². The van der Waals surface area contributed by atoms with Gasteiger partial charge in [0.2, 0.25) is 0 Å². The molecule has 0 unspecified atom stereocenters. The van der Waals surface area contributed by atoms with Crippen molar-refractivity contribution in [2.45, 2.75) is 58.4 Å². The van der Waals surface area contributed by atoms with Gasteiger partial charge in [0.05, 0.1) is 0 Å². The van der Waals surface area contributed by atoms with Crippen molar-refractivity contribution in [3.63, 3.8) is 0 Å². The molecule has 0 radical (unpaired) electrons. The number of allylic oxidation sites excluding steroid dienone is 1. The SMILES string of the molecule is C=CCCCCCCNC(=O)OC(=O)NC(C)(C)C. The van der Waals surface area contributed by atoms with Gasteiger partial charge in [0.1, 0.15) is 0 Å². The minimum atomic E-state index is -0.726. The van der Waals surface area contributed by atoms with Crippen molar-refractivity contribution in [3.8, 4) is 0 Å². The molecule has 0 aromatic heterocycles. The Morgan fingerprint density at radius 1 is 1.11 bits per heavy atom. The van der Waals surface area contributed by atoms with Crippen LogP contribution in [0.1, 0.15) is 52.9 Å². The molecule has 0 saturated carbocycles. The molecule has 0 bridgehead atoms. The van der Waals surface area contributed by atoms with Crippen LogP contribution in [0.15, 0.2) is 12.7 Å². The zero-order valence-corrected chi connectivity index (χ0v) is 12.3. The first kappa shape index (κ1) is 17.5. The fourth-order valence-electron chi connectivity index (χ4n) is 1.41. The van der Waals surface area contributed by atoms with Crippen molar-refractivity contribution in [1.82, 2.24) is 10.6 Å². The zero-order valence-electron chi connectivity index (χ0n) is 12.3. The van der Waals surface area contributed by atoms with Gasteiger partial charge >= 0.3 is 12.2 Å². The summed E-state index contributed by atoms with van der Waals surface area (Å²) in [5.41, 5.74) is -0.414. The van der Waals surface area contributed by atoms with E-state index >= 15 is 0 Å². The lowest BCUT2D eigenvalue weighted by Gasteiger charge is -2.19. The number of carbonyl (C=O) groups is 2. The van der Waals surface area contributed by atoms with E-state index in [0.29, 0.717) is 6.54 Å². The average molecular weight is 270 g/mol. The third kappa shape index (κ3) is 12.7. The van der Waals surface area contributed by atoms with Crippen LogP contribution in [0.5, 0.6) is 0 Å². The molecule has 0 aliphatic carbocycles. The van der Waals surface area contributed by atoms with Crippen molar-refractivity contribution < 1.29 is 14.3 Å². The normalized spacial score (nSPS) is 10.7. The van der Waals surface area contributed by atoms with E-state index in [1.54, 1.807) is 0 Å². The number of hydrogen-bond acceptors (Lipinski definition) is 3. The summed E-state index contributed by atoms with van der Waals surface area (Å²) in [5.74, 6) is 0. The van der Waals surface area contributed by atoms with Gasteiger partial charge in [0.15, 0.2) is 0 Å². The van der Waals surface area contributed by atoms with Crippen LogP contribution in [0.2, 0.25) is 0 Å². The monoisotopic (exact) mass is 270 g/mol. The highest BCUT2D eigenvalue weighted by Gasteiger charge is 2.17. The molecule has 0 aliphatic rings. The summed E-state index contributed by atoms with van der Waals surface area (Å²) in [5, 5.41) is 5.09. The van der Waals surface area contributed by atoms with E-state index in [2.05, 4.69) is 21.9 Å². The Kier molecular flexibility index (Phi) is 8.66. The third-order valence-corrected chi connectivity index (χ3v) is 2.27. The fraction of sp³-hybridized carbons (Fsp3) is 0.714. The van der Waals surface area contributed by atoms with Crippen LogP contribution < -0.4 is 10.6 Å². The Bertz CT molecular complexity index is 296. The second kappa shape index (κ2) is 9.42. The summed E-state index contributed by atoms with van der Waals surface area (Å²) >= 11 is 0. The van der Waals surface area contributed by atoms with Crippen LogP contribution in [0.4, 0.5) is 9.59 Å². The zero-order chi connectivity index (χ0) is 14.7. The molecule has 0 aliphatic heterocycles. The van der Waals surface area contributed by atoms with E-state index in [-0.39, 0.29) is 0 Å². The van der Waals surface area contributed by atoms with Gasteiger partial charge in [-0.05, 0) is 40.0 Å². The smallest absolute Gasteiger partial charge is 0.359 e. The van der Waals surface area contributed by atoms with E-state index in [1.165, 1.54) is 0 Å². The van der Waals surface area contributed by atoms with Crippen molar-refractivity contribution in [1.29, 1.82) is 0 Å². The molecule has 0 spiro atoms. The number of ether oxygens (including phenoxy) is 1. The number of carbonyl (C=O) groups excluding carboxylic acids is 2. The molecule has 0 atom stereocenters. The van der Waals surface area contributed by atoms with E-state index in [0.717, 1.165) is 32.1 Å². The maximum Gasteiger partial charge on any atom is 0.416 e. The van der Waals surface area contributed by atoms with Crippen LogP contribution in [0, 0.1) is 0 Å². The quantitative estimate of drug-likeness (QED) is 0.423. The van der Waals surface area contributed by atoms with Crippen LogP contribution in [-0.4, -0.2) is 24.3 Å². The molecular formula is C14H26N2O3. The molecule has 0 aromatic carbocycles. The number of nitrogens with one attached hydrogen (secondary N) is 2. The lowest BCUT2D eigenvalue weighted by Crippen LogP contribution is -2.43. The molecule has 0 heterocycles. The molecule has 5 heteroatoms. The lowest BCUT2D eigenvalue weighted by molar-refractivity contribution is 0.144. The molecule has 0 rings (SSSR count). The molecule has 0 aromatic rings. The van der Waals surface area contributed by atoms with E-state index < -0.39 is 17.7 Å².